The fourth-order valence-corrected chi connectivity index (χ4v) is 7.21. The SMILES string of the molecule is COc1cc2[nH]nc(-c3cnc(N4CC5(C4)CN(S(C)(=O)=O)C5)c(F)c3)c2cc1O[C@H](C)c1c(Cl)cnc(C)c1Cl. The Labute approximate surface area is 246 Å². The number of rotatable bonds is 7. The van der Waals surface area contributed by atoms with Crippen molar-refractivity contribution in [3.05, 3.63) is 57.7 Å². The number of ether oxygens (including phenoxy) is 2. The van der Waals surface area contributed by atoms with Gasteiger partial charge in [-0.15, -0.1) is 0 Å². The van der Waals surface area contributed by atoms with E-state index in [-0.39, 0.29) is 11.2 Å². The molecule has 0 aliphatic carbocycles. The standard InChI is InChI=1S/C27H27Cl2FN6O4S/c1-14-24(29)23(18(28)9-31-14)15(2)40-22-6-17-20(7-21(22)39-3)33-34-25(17)16-5-19(30)26(32-8-16)35-10-27(11-35)12-36(13-27)41(4,37)38/h5-9,15H,10-13H2,1-4H3,(H,33,34)/t15-/m1/s1. The number of sulfonamides is 1. The van der Waals surface area contributed by atoms with E-state index in [2.05, 4.69) is 20.2 Å². The monoisotopic (exact) mass is 620 g/mol. The van der Waals surface area contributed by atoms with Crippen molar-refractivity contribution in [2.75, 3.05) is 44.4 Å². The van der Waals surface area contributed by atoms with E-state index >= 15 is 4.39 Å². The normalized spacial score (nSPS) is 17.4. The highest BCUT2D eigenvalue weighted by Crippen LogP contribution is 2.44. The van der Waals surface area contributed by atoms with E-state index in [1.54, 1.807) is 25.3 Å². The number of pyridine rings is 2. The van der Waals surface area contributed by atoms with Gasteiger partial charge in [-0.3, -0.25) is 10.1 Å². The maximum Gasteiger partial charge on any atom is 0.211 e. The Bertz CT molecular complexity index is 1790. The van der Waals surface area contributed by atoms with Crippen molar-refractivity contribution in [2.24, 2.45) is 5.41 Å². The Balaban J connectivity index is 1.26. The first kappa shape index (κ1) is 28.0. The molecule has 0 unspecified atom stereocenters. The van der Waals surface area contributed by atoms with Gasteiger partial charge in [-0.05, 0) is 26.0 Å². The number of aryl methyl sites for hydroxylation is 1. The highest BCUT2D eigenvalue weighted by Gasteiger charge is 2.55. The number of H-pyrrole nitrogens is 1. The summed E-state index contributed by atoms with van der Waals surface area (Å²) in [5.41, 5.74) is 2.76. The molecular formula is C27H27Cl2FN6O4S. The Morgan fingerprint density at radius 2 is 1.83 bits per heavy atom. The van der Waals surface area contributed by atoms with Gasteiger partial charge in [-0.1, -0.05) is 23.2 Å². The van der Waals surface area contributed by atoms with Crippen LogP contribution in [0.1, 0.15) is 24.3 Å². The first-order chi connectivity index (χ1) is 19.4. The first-order valence-corrected chi connectivity index (χ1v) is 15.4. The van der Waals surface area contributed by atoms with Gasteiger partial charge in [0.05, 0.1) is 34.6 Å². The summed E-state index contributed by atoms with van der Waals surface area (Å²) in [5, 5.41) is 8.88. The molecule has 1 N–H and O–H groups in total. The maximum atomic E-state index is 15.3. The molecule has 4 aromatic rings. The highest BCUT2D eigenvalue weighted by molar-refractivity contribution is 7.88. The Morgan fingerprint density at radius 3 is 2.49 bits per heavy atom. The molecule has 5 heterocycles. The first-order valence-electron chi connectivity index (χ1n) is 12.8. The second-order valence-corrected chi connectivity index (χ2v) is 13.5. The third-order valence-electron chi connectivity index (χ3n) is 7.68. The van der Waals surface area contributed by atoms with Crippen molar-refractivity contribution in [3.63, 3.8) is 0 Å². The van der Waals surface area contributed by atoms with Crippen LogP contribution in [0.25, 0.3) is 22.2 Å². The average molecular weight is 622 g/mol. The largest absolute Gasteiger partial charge is 0.493 e. The Kier molecular flexibility index (Phi) is 6.80. The molecule has 1 spiro atoms. The maximum absolute atomic E-state index is 15.3. The molecule has 2 aliphatic heterocycles. The van der Waals surface area contributed by atoms with E-state index in [1.807, 2.05) is 11.8 Å². The molecule has 1 atom stereocenters. The molecule has 3 aromatic heterocycles. The van der Waals surface area contributed by atoms with Crippen LogP contribution in [-0.2, 0) is 10.0 Å². The van der Waals surface area contributed by atoms with Crippen LogP contribution in [-0.4, -0.2) is 72.4 Å². The molecule has 216 valence electrons. The predicted molar refractivity (Wildman–Crippen MR) is 155 cm³/mol. The lowest BCUT2D eigenvalue weighted by Gasteiger charge is -2.59. The molecule has 10 nitrogen and oxygen atoms in total. The summed E-state index contributed by atoms with van der Waals surface area (Å²) in [4.78, 5) is 10.4. The van der Waals surface area contributed by atoms with Gasteiger partial charge in [0.25, 0.3) is 0 Å². The summed E-state index contributed by atoms with van der Waals surface area (Å²) in [7, 11) is -1.67. The number of aromatic amines is 1. The van der Waals surface area contributed by atoms with E-state index in [0.717, 1.165) is 0 Å². The quantitative estimate of drug-likeness (QED) is 0.307. The van der Waals surface area contributed by atoms with Crippen molar-refractivity contribution in [3.8, 4) is 22.8 Å². The zero-order chi connectivity index (χ0) is 29.3. The lowest BCUT2D eigenvalue weighted by molar-refractivity contribution is 0.0390. The molecule has 14 heteroatoms. The summed E-state index contributed by atoms with van der Waals surface area (Å²) >= 11 is 12.9. The molecule has 0 radical (unpaired) electrons. The van der Waals surface area contributed by atoms with E-state index in [1.165, 1.54) is 29.9 Å². The summed E-state index contributed by atoms with van der Waals surface area (Å²) < 4.78 is 52.0. The van der Waals surface area contributed by atoms with Crippen molar-refractivity contribution in [1.82, 2.24) is 24.5 Å². The van der Waals surface area contributed by atoms with Crippen LogP contribution in [0.3, 0.4) is 0 Å². The zero-order valence-corrected chi connectivity index (χ0v) is 25.0. The number of fused-ring (bicyclic) bond motifs is 1. The number of aromatic nitrogens is 4. The zero-order valence-electron chi connectivity index (χ0n) is 22.7. The van der Waals surface area contributed by atoms with Crippen LogP contribution in [0.5, 0.6) is 11.5 Å². The molecule has 41 heavy (non-hydrogen) atoms. The summed E-state index contributed by atoms with van der Waals surface area (Å²) in [6.07, 6.45) is 3.79. The van der Waals surface area contributed by atoms with Crippen LogP contribution in [0.15, 0.2) is 30.6 Å². The third-order valence-corrected chi connectivity index (χ3v) is 9.65. The van der Waals surface area contributed by atoms with Crippen molar-refractivity contribution in [2.45, 2.75) is 20.0 Å². The third kappa shape index (κ3) is 4.86. The van der Waals surface area contributed by atoms with E-state index < -0.39 is 21.9 Å². The molecule has 0 saturated carbocycles. The molecule has 2 saturated heterocycles. The number of halogens is 3. The lowest BCUT2D eigenvalue weighted by Crippen LogP contribution is -2.73. The van der Waals surface area contributed by atoms with Gasteiger partial charge in [-0.2, -0.15) is 5.10 Å². The fourth-order valence-electron chi connectivity index (χ4n) is 5.54. The summed E-state index contributed by atoms with van der Waals surface area (Å²) in [6, 6.07) is 4.93. The Hall–Kier alpha value is -3.19. The predicted octanol–water partition coefficient (Wildman–Crippen LogP) is 5.00. The number of methoxy groups -OCH3 is 1. The number of hydrogen-bond acceptors (Lipinski definition) is 8. The summed E-state index contributed by atoms with van der Waals surface area (Å²) in [5.74, 6) is 0.646. The number of anilines is 1. The van der Waals surface area contributed by atoms with Crippen molar-refractivity contribution in [1.29, 1.82) is 0 Å². The van der Waals surface area contributed by atoms with Gasteiger partial charge >= 0.3 is 0 Å². The van der Waals surface area contributed by atoms with E-state index in [4.69, 9.17) is 32.7 Å². The molecule has 0 amide bonds. The second kappa shape index (κ2) is 9.97. The van der Waals surface area contributed by atoms with Crippen molar-refractivity contribution < 1.29 is 22.3 Å². The van der Waals surface area contributed by atoms with Gasteiger partial charge in [0.1, 0.15) is 11.8 Å². The topological polar surface area (TPSA) is 114 Å². The number of nitrogens with zero attached hydrogens (tertiary/aromatic N) is 5. The van der Waals surface area contributed by atoms with E-state index in [0.29, 0.717) is 81.1 Å². The fraction of sp³-hybridized carbons (Fsp3) is 0.370. The highest BCUT2D eigenvalue weighted by atomic mass is 35.5. The molecule has 1 aromatic carbocycles. The number of hydrogen-bond donors (Lipinski definition) is 1. The van der Waals surface area contributed by atoms with E-state index in [9.17, 15) is 8.42 Å². The summed E-state index contributed by atoms with van der Waals surface area (Å²) in [6.45, 7) is 5.62. The van der Waals surface area contributed by atoms with Crippen LogP contribution >= 0.6 is 23.2 Å². The van der Waals surface area contributed by atoms with Gasteiger partial charge in [0.2, 0.25) is 10.0 Å². The van der Waals surface area contributed by atoms with Crippen LogP contribution < -0.4 is 14.4 Å². The second-order valence-electron chi connectivity index (χ2n) is 10.7. The number of nitrogens with one attached hydrogen (secondary N) is 1. The molecule has 6 rings (SSSR count). The molecule has 2 fully saturated rings. The van der Waals surface area contributed by atoms with Crippen LogP contribution in [0, 0.1) is 18.2 Å². The van der Waals surface area contributed by atoms with Crippen molar-refractivity contribution >= 4 is 49.9 Å². The molecule has 2 aliphatic rings. The van der Waals surface area contributed by atoms with Crippen LogP contribution in [0.4, 0.5) is 10.2 Å². The minimum atomic E-state index is -3.20. The molecule has 0 bridgehead atoms. The van der Waals surface area contributed by atoms with Gasteiger partial charge in [0, 0.05) is 66.6 Å². The minimum absolute atomic E-state index is 0.135. The average Bonchev–Trinajstić information content (AvgIpc) is 3.27. The Morgan fingerprint density at radius 1 is 1.10 bits per heavy atom. The lowest BCUT2D eigenvalue weighted by atomic mass is 9.74. The number of benzene rings is 1. The van der Waals surface area contributed by atoms with Gasteiger partial charge < -0.3 is 14.4 Å². The van der Waals surface area contributed by atoms with Crippen LogP contribution in [0.2, 0.25) is 10.0 Å². The molecular weight excluding hydrogens is 594 g/mol. The van der Waals surface area contributed by atoms with Gasteiger partial charge in [-0.25, -0.2) is 22.1 Å². The smallest absolute Gasteiger partial charge is 0.211 e. The van der Waals surface area contributed by atoms with Gasteiger partial charge in [0.15, 0.2) is 23.1 Å². The minimum Gasteiger partial charge on any atom is -0.493 e.